The molecule has 6 nitrogen and oxygen atoms in total. The van der Waals surface area contributed by atoms with Gasteiger partial charge in [0, 0.05) is 32.7 Å². The van der Waals surface area contributed by atoms with Gasteiger partial charge in [0.2, 0.25) is 17.7 Å². The van der Waals surface area contributed by atoms with E-state index in [1.165, 1.54) is 10.5 Å². The van der Waals surface area contributed by atoms with Crippen LogP contribution in [0, 0.1) is 23.7 Å². The number of rotatable bonds is 4. The van der Waals surface area contributed by atoms with Crippen molar-refractivity contribution in [3.8, 4) is 0 Å². The van der Waals surface area contributed by atoms with E-state index in [0.29, 0.717) is 13.1 Å². The average Bonchev–Trinajstić information content (AvgIpc) is 3.39. The Labute approximate surface area is 164 Å². The summed E-state index contributed by atoms with van der Waals surface area (Å²) in [6.45, 7) is 3.68. The molecule has 2 bridgehead atoms. The fourth-order valence-corrected chi connectivity index (χ4v) is 5.35. The van der Waals surface area contributed by atoms with Crippen LogP contribution >= 0.6 is 0 Å². The Balaban J connectivity index is 1.16. The number of carbonyl (C=O) groups excluding carboxylic acids is 3. The topological polar surface area (TPSA) is 60.9 Å². The second-order valence-electron chi connectivity index (χ2n) is 8.41. The molecular weight excluding hydrogens is 354 g/mol. The predicted molar refractivity (Wildman–Crippen MR) is 103 cm³/mol. The molecular formula is C22H25N3O3. The van der Waals surface area contributed by atoms with Crippen molar-refractivity contribution in [2.24, 2.45) is 23.7 Å². The summed E-state index contributed by atoms with van der Waals surface area (Å²) in [4.78, 5) is 43.6. The average molecular weight is 379 g/mol. The summed E-state index contributed by atoms with van der Waals surface area (Å²) in [5.74, 6) is -0.454. The molecule has 2 aliphatic carbocycles. The van der Waals surface area contributed by atoms with Crippen LogP contribution in [0.5, 0.6) is 0 Å². The fraction of sp³-hybridized carbons (Fsp3) is 0.500. The highest BCUT2D eigenvalue weighted by Crippen LogP contribution is 2.52. The van der Waals surface area contributed by atoms with Gasteiger partial charge in [-0.25, -0.2) is 0 Å². The lowest BCUT2D eigenvalue weighted by molar-refractivity contribution is -0.147. The quantitative estimate of drug-likeness (QED) is 0.581. The number of imide groups is 1. The molecule has 2 heterocycles. The number of hydrogen-bond acceptors (Lipinski definition) is 4. The van der Waals surface area contributed by atoms with E-state index >= 15 is 0 Å². The molecule has 2 unspecified atom stereocenters. The zero-order chi connectivity index (χ0) is 19.3. The maximum atomic E-state index is 12.8. The third kappa shape index (κ3) is 2.87. The molecule has 6 heteroatoms. The van der Waals surface area contributed by atoms with Crippen LogP contribution in [0.4, 0.5) is 0 Å². The van der Waals surface area contributed by atoms with Crippen molar-refractivity contribution >= 4 is 17.7 Å². The molecule has 4 aliphatic rings. The summed E-state index contributed by atoms with van der Waals surface area (Å²) in [5, 5.41) is 0. The molecule has 2 saturated heterocycles. The van der Waals surface area contributed by atoms with Gasteiger partial charge >= 0.3 is 0 Å². The predicted octanol–water partition coefficient (Wildman–Crippen LogP) is 1.14. The summed E-state index contributed by atoms with van der Waals surface area (Å²) in [6, 6.07) is 10.3. The number of likely N-dealkylation sites (tertiary alicyclic amines) is 1. The van der Waals surface area contributed by atoms with Crippen LogP contribution in [-0.4, -0.2) is 65.1 Å². The minimum Gasteiger partial charge on any atom is -0.339 e. The highest BCUT2D eigenvalue weighted by molar-refractivity contribution is 6.08. The molecule has 1 aromatic rings. The van der Waals surface area contributed by atoms with Crippen LogP contribution in [0.25, 0.3) is 0 Å². The van der Waals surface area contributed by atoms with Crippen LogP contribution in [0.15, 0.2) is 42.5 Å². The maximum Gasteiger partial charge on any atom is 0.242 e. The molecule has 146 valence electrons. The lowest BCUT2D eigenvalue weighted by Crippen LogP contribution is -2.51. The number of amides is 3. The van der Waals surface area contributed by atoms with Crippen molar-refractivity contribution in [2.75, 3.05) is 32.7 Å². The zero-order valence-electron chi connectivity index (χ0n) is 15.9. The lowest BCUT2D eigenvalue weighted by Gasteiger charge is -2.35. The summed E-state index contributed by atoms with van der Waals surface area (Å²) in [6.07, 6.45) is 5.07. The maximum absolute atomic E-state index is 12.8. The molecule has 3 fully saturated rings. The molecule has 5 rings (SSSR count). The second kappa shape index (κ2) is 6.85. The first kappa shape index (κ1) is 17.6. The summed E-state index contributed by atoms with van der Waals surface area (Å²) in [5.41, 5.74) is 1.27. The van der Waals surface area contributed by atoms with E-state index in [-0.39, 0.29) is 47.9 Å². The molecule has 0 N–H and O–H groups in total. The van der Waals surface area contributed by atoms with Gasteiger partial charge in [-0.1, -0.05) is 42.5 Å². The minimum absolute atomic E-state index is 0.0945. The van der Waals surface area contributed by atoms with Crippen molar-refractivity contribution in [1.29, 1.82) is 0 Å². The number of fused-ring (bicyclic) bond motifs is 5. The van der Waals surface area contributed by atoms with E-state index in [1.54, 1.807) is 4.90 Å². The van der Waals surface area contributed by atoms with Crippen LogP contribution in [0.2, 0.25) is 0 Å². The van der Waals surface area contributed by atoms with E-state index in [2.05, 4.69) is 29.2 Å². The Morgan fingerprint density at radius 1 is 0.893 bits per heavy atom. The smallest absolute Gasteiger partial charge is 0.242 e. The van der Waals surface area contributed by atoms with E-state index in [0.717, 1.165) is 26.1 Å². The molecule has 4 atom stereocenters. The van der Waals surface area contributed by atoms with Crippen LogP contribution in [0.1, 0.15) is 12.0 Å². The Hall–Kier alpha value is -2.47. The molecule has 1 saturated carbocycles. The van der Waals surface area contributed by atoms with E-state index < -0.39 is 0 Å². The van der Waals surface area contributed by atoms with Crippen molar-refractivity contribution < 1.29 is 14.4 Å². The molecule has 0 spiro atoms. The first-order valence-electron chi connectivity index (χ1n) is 10.2. The van der Waals surface area contributed by atoms with Gasteiger partial charge < -0.3 is 4.90 Å². The van der Waals surface area contributed by atoms with Crippen molar-refractivity contribution in [1.82, 2.24) is 14.7 Å². The number of allylic oxidation sites excluding steroid dienone is 2. The normalized spacial score (nSPS) is 31.7. The van der Waals surface area contributed by atoms with Crippen LogP contribution < -0.4 is 0 Å². The van der Waals surface area contributed by atoms with E-state index in [4.69, 9.17) is 0 Å². The highest BCUT2D eigenvalue weighted by Gasteiger charge is 2.59. The Morgan fingerprint density at radius 2 is 1.50 bits per heavy atom. The van der Waals surface area contributed by atoms with Crippen molar-refractivity contribution in [3.63, 3.8) is 0 Å². The van der Waals surface area contributed by atoms with Gasteiger partial charge in [0.1, 0.15) is 6.54 Å². The van der Waals surface area contributed by atoms with Gasteiger partial charge in [-0.3, -0.25) is 24.2 Å². The van der Waals surface area contributed by atoms with Crippen molar-refractivity contribution in [3.05, 3.63) is 48.0 Å². The third-order valence-corrected chi connectivity index (χ3v) is 6.83. The van der Waals surface area contributed by atoms with Gasteiger partial charge in [-0.2, -0.15) is 0 Å². The van der Waals surface area contributed by atoms with Gasteiger partial charge in [0.25, 0.3) is 0 Å². The van der Waals surface area contributed by atoms with Crippen LogP contribution in [0.3, 0.4) is 0 Å². The largest absolute Gasteiger partial charge is 0.339 e. The number of carbonyl (C=O) groups is 3. The standard InChI is InChI=1S/C22H25N3O3/c26-18(24-10-8-23(9-11-24)13-15-4-2-1-3-5-15)14-25-21(27)19-16-6-7-17(12-16)20(19)22(25)28/h1-7,16-17,19-20H,8-14H2/t16-,17+,19?,20?. The third-order valence-electron chi connectivity index (χ3n) is 6.83. The molecule has 28 heavy (non-hydrogen) atoms. The number of hydrogen-bond donors (Lipinski definition) is 0. The monoisotopic (exact) mass is 379 g/mol. The summed E-state index contributed by atoms with van der Waals surface area (Å²) in [7, 11) is 0. The lowest BCUT2D eigenvalue weighted by atomic mass is 9.85. The number of piperazine rings is 1. The molecule has 3 amide bonds. The highest BCUT2D eigenvalue weighted by atomic mass is 16.2. The van der Waals surface area contributed by atoms with Crippen LogP contribution in [-0.2, 0) is 20.9 Å². The molecule has 1 aromatic carbocycles. The minimum atomic E-state index is -0.224. The summed E-state index contributed by atoms with van der Waals surface area (Å²) >= 11 is 0. The van der Waals surface area contributed by atoms with Gasteiger partial charge in [0.05, 0.1) is 11.8 Å². The van der Waals surface area contributed by atoms with Gasteiger partial charge in [0.15, 0.2) is 0 Å². The molecule has 0 aromatic heterocycles. The van der Waals surface area contributed by atoms with Gasteiger partial charge in [-0.05, 0) is 23.8 Å². The van der Waals surface area contributed by atoms with Crippen molar-refractivity contribution in [2.45, 2.75) is 13.0 Å². The Morgan fingerprint density at radius 3 is 2.11 bits per heavy atom. The van der Waals surface area contributed by atoms with E-state index in [9.17, 15) is 14.4 Å². The molecule has 0 radical (unpaired) electrons. The first-order valence-corrected chi connectivity index (χ1v) is 10.2. The summed E-state index contributed by atoms with van der Waals surface area (Å²) < 4.78 is 0. The first-order chi connectivity index (χ1) is 13.6. The van der Waals surface area contributed by atoms with Gasteiger partial charge in [-0.15, -0.1) is 0 Å². The Kier molecular flexibility index (Phi) is 4.31. The fourth-order valence-electron chi connectivity index (χ4n) is 5.35. The number of benzene rings is 1. The zero-order valence-corrected chi connectivity index (χ0v) is 15.9. The van der Waals surface area contributed by atoms with E-state index in [1.807, 2.05) is 18.2 Å². The number of nitrogens with zero attached hydrogens (tertiary/aromatic N) is 3. The second-order valence-corrected chi connectivity index (χ2v) is 8.41. The molecule has 2 aliphatic heterocycles. The SMILES string of the molecule is O=C(CN1C(=O)C2C(C1=O)[C@H]1C=C[C@@H]2C1)N1CCN(Cc2ccccc2)CC1. The Bertz CT molecular complexity index is 799.